The minimum Gasteiger partial charge on any atom is -0.377 e. The minimum absolute atomic E-state index is 0.393. The molecule has 1 saturated heterocycles. The first-order chi connectivity index (χ1) is 8.40. The molecule has 2 atom stereocenters. The summed E-state index contributed by atoms with van der Waals surface area (Å²) in [6.45, 7) is 4.11. The zero-order valence-electron chi connectivity index (χ0n) is 10.7. The molecule has 0 saturated carbocycles. The van der Waals surface area contributed by atoms with E-state index in [1.54, 1.807) is 0 Å². The van der Waals surface area contributed by atoms with E-state index in [2.05, 4.69) is 42.6 Å². The van der Waals surface area contributed by atoms with Crippen LogP contribution in [0, 0.1) is 0 Å². The summed E-state index contributed by atoms with van der Waals surface area (Å²) in [7, 11) is 0. The van der Waals surface area contributed by atoms with Crippen molar-refractivity contribution >= 4 is 0 Å². The van der Waals surface area contributed by atoms with Gasteiger partial charge >= 0.3 is 0 Å². The molecule has 1 fully saturated rings. The first-order valence-corrected chi connectivity index (χ1v) is 6.79. The average molecular weight is 233 g/mol. The van der Waals surface area contributed by atoms with Crippen LogP contribution in [-0.2, 0) is 11.2 Å². The van der Waals surface area contributed by atoms with Gasteiger partial charge in [0.05, 0.1) is 6.10 Å². The lowest BCUT2D eigenvalue weighted by Crippen LogP contribution is -2.44. The van der Waals surface area contributed by atoms with E-state index in [9.17, 15) is 0 Å². The van der Waals surface area contributed by atoms with Gasteiger partial charge in [-0.3, -0.25) is 0 Å². The maximum atomic E-state index is 5.90. The molecule has 17 heavy (non-hydrogen) atoms. The molecule has 0 aliphatic carbocycles. The molecule has 1 N–H and O–H groups in total. The van der Waals surface area contributed by atoms with E-state index < -0.39 is 0 Å². The Balaban J connectivity index is 1.96. The summed E-state index contributed by atoms with van der Waals surface area (Å²) < 4.78 is 5.90. The van der Waals surface area contributed by atoms with Gasteiger partial charge < -0.3 is 10.1 Å². The smallest absolute Gasteiger partial charge is 0.0731 e. The van der Waals surface area contributed by atoms with E-state index in [4.69, 9.17) is 4.74 Å². The molecule has 0 aromatic heterocycles. The van der Waals surface area contributed by atoms with Crippen molar-refractivity contribution < 1.29 is 4.74 Å². The Labute approximate surface area is 104 Å². The largest absolute Gasteiger partial charge is 0.377 e. The molecule has 94 valence electrons. The fourth-order valence-corrected chi connectivity index (χ4v) is 2.55. The maximum Gasteiger partial charge on any atom is 0.0731 e. The molecule has 0 bridgehead atoms. The Bertz CT molecular complexity index is 306. The number of hydrogen-bond donors (Lipinski definition) is 1. The average Bonchev–Trinajstić information content (AvgIpc) is 2.40. The van der Waals surface area contributed by atoms with Gasteiger partial charge in [-0.05, 0) is 37.8 Å². The summed E-state index contributed by atoms with van der Waals surface area (Å²) in [6, 6.07) is 11.2. The highest BCUT2D eigenvalue weighted by Crippen LogP contribution is 2.18. The second-order valence-corrected chi connectivity index (χ2v) is 4.76. The molecule has 2 heteroatoms. The van der Waals surface area contributed by atoms with Crippen molar-refractivity contribution in [3.8, 4) is 0 Å². The van der Waals surface area contributed by atoms with Gasteiger partial charge in [-0.15, -0.1) is 0 Å². The molecule has 0 amide bonds. The van der Waals surface area contributed by atoms with Crippen molar-refractivity contribution in [1.82, 2.24) is 5.32 Å². The van der Waals surface area contributed by atoms with Gasteiger partial charge in [0, 0.05) is 12.6 Å². The number of likely N-dealkylation sites (N-methyl/N-ethyl adjacent to an activating group) is 1. The summed E-state index contributed by atoms with van der Waals surface area (Å²) in [4.78, 5) is 0. The first-order valence-electron chi connectivity index (χ1n) is 6.79. The van der Waals surface area contributed by atoms with Gasteiger partial charge in [0.25, 0.3) is 0 Å². The van der Waals surface area contributed by atoms with E-state index in [0.29, 0.717) is 12.1 Å². The zero-order valence-corrected chi connectivity index (χ0v) is 10.7. The van der Waals surface area contributed by atoms with Crippen LogP contribution in [-0.4, -0.2) is 25.3 Å². The van der Waals surface area contributed by atoms with Gasteiger partial charge in [0.15, 0.2) is 0 Å². The van der Waals surface area contributed by atoms with Crippen molar-refractivity contribution in [2.75, 3.05) is 13.2 Å². The number of nitrogens with one attached hydrogen (secondary N) is 1. The van der Waals surface area contributed by atoms with E-state index in [-0.39, 0.29) is 0 Å². The Kier molecular flexibility index (Phi) is 5.02. The second-order valence-electron chi connectivity index (χ2n) is 4.76. The van der Waals surface area contributed by atoms with Crippen LogP contribution < -0.4 is 5.32 Å². The predicted octanol–water partition coefficient (Wildman–Crippen LogP) is 2.78. The van der Waals surface area contributed by atoms with Crippen LogP contribution >= 0.6 is 0 Å². The minimum atomic E-state index is 0.393. The van der Waals surface area contributed by atoms with Crippen LogP contribution in [0.15, 0.2) is 30.3 Å². The Morgan fingerprint density at radius 3 is 2.76 bits per heavy atom. The second kappa shape index (κ2) is 6.77. The molecule has 1 aromatic carbocycles. The number of hydrogen-bond acceptors (Lipinski definition) is 2. The molecule has 2 unspecified atom stereocenters. The number of benzene rings is 1. The highest BCUT2D eigenvalue weighted by Gasteiger charge is 2.23. The summed E-state index contributed by atoms with van der Waals surface area (Å²) >= 11 is 0. The van der Waals surface area contributed by atoms with E-state index >= 15 is 0 Å². The highest BCUT2D eigenvalue weighted by atomic mass is 16.5. The summed E-state index contributed by atoms with van der Waals surface area (Å²) in [5.74, 6) is 0. The van der Waals surface area contributed by atoms with Gasteiger partial charge in [-0.1, -0.05) is 37.3 Å². The Morgan fingerprint density at radius 1 is 1.29 bits per heavy atom. The Morgan fingerprint density at radius 2 is 2.12 bits per heavy atom. The normalized spacial score (nSPS) is 22.3. The number of rotatable bonds is 5. The standard InChI is InChI=1S/C15H23NO/c1-2-16-14(15-10-6-7-11-17-15)12-13-8-4-3-5-9-13/h3-5,8-9,14-16H,2,6-7,10-12H2,1H3. The van der Waals surface area contributed by atoms with Crippen LogP contribution in [0.3, 0.4) is 0 Å². The van der Waals surface area contributed by atoms with E-state index in [1.165, 1.54) is 24.8 Å². The molecule has 1 heterocycles. The lowest BCUT2D eigenvalue weighted by atomic mass is 9.96. The molecule has 1 aliphatic rings. The topological polar surface area (TPSA) is 21.3 Å². The first kappa shape index (κ1) is 12.6. The third-order valence-corrected chi connectivity index (χ3v) is 3.43. The summed E-state index contributed by atoms with van der Waals surface area (Å²) in [5, 5.41) is 3.58. The van der Waals surface area contributed by atoms with Crippen molar-refractivity contribution in [3.63, 3.8) is 0 Å². The van der Waals surface area contributed by atoms with Crippen LogP contribution in [0.5, 0.6) is 0 Å². The van der Waals surface area contributed by atoms with Gasteiger partial charge in [0.2, 0.25) is 0 Å². The Hall–Kier alpha value is -0.860. The molecule has 2 rings (SSSR count). The summed E-state index contributed by atoms with van der Waals surface area (Å²) in [5.41, 5.74) is 1.40. The van der Waals surface area contributed by atoms with Gasteiger partial charge in [0.1, 0.15) is 0 Å². The molecule has 1 aliphatic heterocycles. The van der Waals surface area contributed by atoms with Crippen LogP contribution in [0.2, 0.25) is 0 Å². The fraction of sp³-hybridized carbons (Fsp3) is 0.600. The fourth-order valence-electron chi connectivity index (χ4n) is 2.55. The van der Waals surface area contributed by atoms with Crippen LogP contribution in [0.1, 0.15) is 31.7 Å². The summed E-state index contributed by atoms with van der Waals surface area (Å²) in [6.07, 6.45) is 5.19. The van der Waals surface area contributed by atoms with Crippen LogP contribution in [0.4, 0.5) is 0 Å². The molecule has 2 nitrogen and oxygen atoms in total. The monoisotopic (exact) mass is 233 g/mol. The lowest BCUT2D eigenvalue weighted by Gasteiger charge is -2.31. The van der Waals surface area contributed by atoms with Crippen LogP contribution in [0.25, 0.3) is 0 Å². The molecular formula is C15H23NO. The molecular weight excluding hydrogens is 210 g/mol. The molecule has 1 aromatic rings. The highest BCUT2D eigenvalue weighted by molar-refractivity contribution is 5.16. The number of ether oxygens (including phenoxy) is 1. The third-order valence-electron chi connectivity index (χ3n) is 3.43. The predicted molar refractivity (Wildman–Crippen MR) is 71.2 cm³/mol. The zero-order chi connectivity index (χ0) is 11.9. The van der Waals surface area contributed by atoms with Crippen molar-refractivity contribution in [2.45, 2.75) is 44.8 Å². The van der Waals surface area contributed by atoms with Crippen molar-refractivity contribution in [1.29, 1.82) is 0 Å². The SMILES string of the molecule is CCNC(Cc1ccccc1)C1CCCCO1. The van der Waals surface area contributed by atoms with E-state index in [1.807, 2.05) is 0 Å². The maximum absolute atomic E-state index is 5.90. The van der Waals surface area contributed by atoms with Crippen molar-refractivity contribution in [3.05, 3.63) is 35.9 Å². The third kappa shape index (κ3) is 3.83. The lowest BCUT2D eigenvalue weighted by molar-refractivity contribution is -0.00709. The molecule has 0 spiro atoms. The quantitative estimate of drug-likeness (QED) is 0.844. The molecule has 0 radical (unpaired) electrons. The van der Waals surface area contributed by atoms with E-state index in [0.717, 1.165) is 19.6 Å². The van der Waals surface area contributed by atoms with Gasteiger partial charge in [-0.25, -0.2) is 0 Å². The van der Waals surface area contributed by atoms with Gasteiger partial charge in [-0.2, -0.15) is 0 Å². The van der Waals surface area contributed by atoms with Crippen molar-refractivity contribution in [2.24, 2.45) is 0 Å².